The summed E-state index contributed by atoms with van der Waals surface area (Å²) in [6.45, 7) is 4.86. The van der Waals surface area contributed by atoms with Gasteiger partial charge in [-0.25, -0.2) is 4.98 Å². The lowest BCUT2D eigenvalue weighted by Gasteiger charge is -2.27. The Balaban J connectivity index is 2.01. The number of ether oxygens (including phenoxy) is 1. The van der Waals surface area contributed by atoms with Gasteiger partial charge in [0, 0.05) is 10.0 Å². The van der Waals surface area contributed by atoms with Gasteiger partial charge in [-0.15, -0.1) is 0 Å². The van der Waals surface area contributed by atoms with E-state index >= 15 is 0 Å². The number of anilines is 1. The average Bonchev–Trinajstić information content (AvgIpc) is 3.08. The maximum absolute atomic E-state index is 10.5. The number of nitrogens with one attached hydrogen (secondary N) is 1. The highest BCUT2D eigenvalue weighted by atomic mass is 79.9. The first-order valence-corrected chi connectivity index (χ1v) is 11.7. The number of phenols is 1. The number of aromatic nitrogens is 1. The molecule has 1 unspecified atom stereocenters. The van der Waals surface area contributed by atoms with Crippen LogP contribution in [-0.2, 0) is 9.05 Å². The topological polar surface area (TPSA) is 72.8 Å². The van der Waals surface area contributed by atoms with Crippen molar-refractivity contribution < 1.29 is 18.9 Å². The number of nitrogens with zero attached hydrogens (tertiary/aromatic N) is 1. The minimum Gasteiger partial charge on any atom is -0.508 e. The van der Waals surface area contributed by atoms with Crippen molar-refractivity contribution in [1.29, 1.82) is 0 Å². The molecule has 0 saturated carbocycles. The standard InChI is InChI=1S/C19H22BrN2O4PS/c1-4-25-27(26-5-2)18(17-13(20)7-6-8-15(17)23)22-19-21-14-10-9-12(24-3)11-16(14)28-19/h6-11,18,23H,4-5H2,1-3H3,(H,21,22). The molecule has 2 N–H and O–H groups in total. The normalized spacial score (nSPS) is 12.5. The van der Waals surface area contributed by atoms with Gasteiger partial charge in [-0.3, -0.25) is 0 Å². The molecule has 0 fully saturated rings. The summed E-state index contributed by atoms with van der Waals surface area (Å²) in [5.74, 6) is 0.558. The van der Waals surface area contributed by atoms with E-state index in [4.69, 9.17) is 13.8 Å². The van der Waals surface area contributed by atoms with Gasteiger partial charge in [-0.05, 0) is 44.2 Å². The quantitative estimate of drug-likeness (QED) is 0.348. The number of benzene rings is 2. The first-order chi connectivity index (χ1) is 13.6. The molecule has 6 nitrogen and oxygen atoms in total. The molecule has 3 rings (SSSR count). The van der Waals surface area contributed by atoms with Crippen LogP contribution in [0.25, 0.3) is 10.2 Å². The molecular weight excluding hydrogens is 463 g/mol. The van der Waals surface area contributed by atoms with Crippen LogP contribution in [0.4, 0.5) is 5.13 Å². The van der Waals surface area contributed by atoms with E-state index in [2.05, 4.69) is 26.2 Å². The molecular formula is C19H22BrN2O4PS. The third kappa shape index (κ3) is 4.75. The van der Waals surface area contributed by atoms with Crippen LogP contribution >= 0.6 is 35.6 Å². The van der Waals surface area contributed by atoms with Crippen molar-refractivity contribution in [2.75, 3.05) is 25.6 Å². The van der Waals surface area contributed by atoms with E-state index in [0.29, 0.717) is 18.8 Å². The summed E-state index contributed by atoms with van der Waals surface area (Å²) in [5, 5.41) is 14.7. The molecule has 1 heterocycles. The van der Waals surface area contributed by atoms with Gasteiger partial charge in [0.25, 0.3) is 0 Å². The van der Waals surface area contributed by atoms with E-state index in [1.165, 1.54) is 11.3 Å². The van der Waals surface area contributed by atoms with Gasteiger partial charge in [0.1, 0.15) is 17.3 Å². The third-order valence-corrected chi connectivity index (χ3v) is 7.36. The Morgan fingerprint density at radius 3 is 2.61 bits per heavy atom. The highest BCUT2D eigenvalue weighted by Crippen LogP contribution is 2.56. The molecule has 28 heavy (non-hydrogen) atoms. The SMILES string of the molecule is CCOP(OCC)C(Nc1nc2ccc(OC)cc2s1)c1c(O)cccc1Br. The Morgan fingerprint density at radius 2 is 1.96 bits per heavy atom. The monoisotopic (exact) mass is 484 g/mol. The van der Waals surface area contributed by atoms with Crippen LogP contribution in [-0.4, -0.2) is 30.4 Å². The zero-order chi connectivity index (χ0) is 20.1. The first-order valence-electron chi connectivity index (χ1n) is 8.80. The summed E-state index contributed by atoms with van der Waals surface area (Å²) in [7, 11) is 0.289. The Kier molecular flexibility index (Phi) is 7.48. The summed E-state index contributed by atoms with van der Waals surface area (Å²) in [6, 6.07) is 11.1. The minimum atomic E-state index is -1.35. The molecule has 0 bridgehead atoms. The van der Waals surface area contributed by atoms with E-state index in [-0.39, 0.29) is 5.75 Å². The van der Waals surface area contributed by atoms with E-state index in [9.17, 15) is 5.11 Å². The van der Waals surface area contributed by atoms with Gasteiger partial charge in [-0.1, -0.05) is 33.3 Å². The van der Waals surface area contributed by atoms with Crippen molar-refractivity contribution >= 4 is 51.0 Å². The second-order valence-electron chi connectivity index (χ2n) is 5.69. The largest absolute Gasteiger partial charge is 0.508 e. The van der Waals surface area contributed by atoms with Gasteiger partial charge in [0.05, 0.1) is 30.5 Å². The molecule has 0 aliphatic carbocycles. The number of methoxy groups -OCH3 is 1. The molecule has 9 heteroatoms. The lowest BCUT2D eigenvalue weighted by atomic mass is 10.2. The lowest BCUT2D eigenvalue weighted by molar-refractivity contribution is 0.263. The molecule has 0 amide bonds. The Hall–Kier alpha value is -1.44. The number of fused-ring (bicyclic) bond motifs is 1. The van der Waals surface area contributed by atoms with E-state index < -0.39 is 14.2 Å². The fraction of sp³-hybridized carbons (Fsp3) is 0.316. The van der Waals surface area contributed by atoms with Gasteiger partial charge in [-0.2, -0.15) is 0 Å². The molecule has 0 aliphatic heterocycles. The summed E-state index contributed by atoms with van der Waals surface area (Å²) in [6.07, 6.45) is 0. The van der Waals surface area contributed by atoms with Gasteiger partial charge in [0.2, 0.25) is 0 Å². The number of halogens is 1. The molecule has 1 atom stereocenters. The molecule has 0 saturated heterocycles. The number of phenolic OH excluding ortho intramolecular Hbond substituents is 1. The Morgan fingerprint density at radius 1 is 1.21 bits per heavy atom. The van der Waals surface area contributed by atoms with Crippen molar-refractivity contribution in [1.82, 2.24) is 4.98 Å². The van der Waals surface area contributed by atoms with Crippen molar-refractivity contribution in [3.63, 3.8) is 0 Å². The second kappa shape index (κ2) is 9.85. The molecule has 2 aromatic carbocycles. The Bertz CT molecular complexity index is 913. The zero-order valence-electron chi connectivity index (χ0n) is 15.8. The van der Waals surface area contributed by atoms with Crippen molar-refractivity contribution in [3.05, 3.63) is 46.4 Å². The van der Waals surface area contributed by atoms with Crippen LogP contribution in [0.15, 0.2) is 40.9 Å². The molecule has 0 radical (unpaired) electrons. The van der Waals surface area contributed by atoms with Crippen LogP contribution in [0.3, 0.4) is 0 Å². The van der Waals surface area contributed by atoms with E-state index in [0.717, 1.165) is 25.6 Å². The van der Waals surface area contributed by atoms with Crippen LogP contribution in [0.1, 0.15) is 25.2 Å². The number of aromatic hydroxyl groups is 1. The fourth-order valence-corrected chi connectivity index (χ4v) is 6.04. The van der Waals surface area contributed by atoms with Crippen LogP contribution in [0, 0.1) is 0 Å². The number of rotatable bonds is 9. The summed E-state index contributed by atoms with van der Waals surface area (Å²) in [4.78, 5) is 4.67. The smallest absolute Gasteiger partial charge is 0.199 e. The minimum absolute atomic E-state index is 0.168. The maximum atomic E-state index is 10.5. The summed E-state index contributed by atoms with van der Waals surface area (Å²) in [5.41, 5.74) is 1.56. The van der Waals surface area contributed by atoms with Gasteiger partial charge < -0.3 is 24.2 Å². The lowest BCUT2D eigenvalue weighted by Crippen LogP contribution is -2.13. The van der Waals surface area contributed by atoms with Crippen LogP contribution in [0.2, 0.25) is 0 Å². The molecule has 0 aliphatic rings. The fourth-order valence-electron chi connectivity index (χ4n) is 2.68. The predicted octanol–water partition coefficient (Wildman–Crippen LogP) is 6.27. The number of hydrogen-bond donors (Lipinski definition) is 2. The van der Waals surface area contributed by atoms with Gasteiger partial charge >= 0.3 is 0 Å². The second-order valence-corrected chi connectivity index (χ2v) is 9.18. The van der Waals surface area contributed by atoms with Gasteiger partial charge in [0.15, 0.2) is 13.5 Å². The summed E-state index contributed by atoms with van der Waals surface area (Å²) < 4.78 is 18.9. The molecule has 0 spiro atoms. The molecule has 3 aromatic rings. The number of thiazole rings is 1. The van der Waals surface area contributed by atoms with Crippen LogP contribution in [0.5, 0.6) is 11.5 Å². The zero-order valence-corrected chi connectivity index (χ0v) is 19.1. The summed E-state index contributed by atoms with van der Waals surface area (Å²) >= 11 is 5.07. The van der Waals surface area contributed by atoms with Crippen molar-refractivity contribution in [3.8, 4) is 11.5 Å². The molecule has 1 aromatic heterocycles. The highest BCUT2D eigenvalue weighted by molar-refractivity contribution is 9.10. The van der Waals surface area contributed by atoms with E-state index in [1.807, 2.05) is 38.1 Å². The number of hydrogen-bond acceptors (Lipinski definition) is 7. The third-order valence-electron chi connectivity index (χ3n) is 3.88. The van der Waals surface area contributed by atoms with Crippen molar-refractivity contribution in [2.24, 2.45) is 0 Å². The average molecular weight is 485 g/mol. The predicted molar refractivity (Wildman–Crippen MR) is 119 cm³/mol. The Labute approximate surface area is 177 Å². The maximum Gasteiger partial charge on any atom is 0.199 e. The van der Waals surface area contributed by atoms with Crippen LogP contribution < -0.4 is 10.1 Å². The molecule has 150 valence electrons. The van der Waals surface area contributed by atoms with Crippen molar-refractivity contribution in [2.45, 2.75) is 19.6 Å². The van der Waals surface area contributed by atoms with E-state index in [1.54, 1.807) is 19.2 Å². The highest BCUT2D eigenvalue weighted by Gasteiger charge is 2.30. The first kappa shape index (κ1) is 21.3.